The van der Waals surface area contributed by atoms with Gasteiger partial charge in [0, 0.05) is 31.0 Å². The lowest BCUT2D eigenvalue weighted by molar-refractivity contribution is -0.155. The Kier molecular flexibility index (Phi) is 9.25. The summed E-state index contributed by atoms with van der Waals surface area (Å²) >= 11 is 0. The minimum absolute atomic E-state index is 0.0704. The number of ether oxygens (including phenoxy) is 2. The third-order valence-electron chi connectivity index (χ3n) is 9.24. The average Bonchev–Trinajstić information content (AvgIpc) is 3.60. The zero-order valence-corrected chi connectivity index (χ0v) is 24.5. The van der Waals surface area contributed by atoms with Crippen LogP contribution in [0.3, 0.4) is 0 Å². The summed E-state index contributed by atoms with van der Waals surface area (Å²) in [6.45, 7) is 15.7. The first kappa shape index (κ1) is 30.1. The van der Waals surface area contributed by atoms with Gasteiger partial charge in [0.2, 0.25) is 5.91 Å². The molecule has 1 spiro atoms. The van der Waals surface area contributed by atoms with Gasteiger partial charge in [0.25, 0.3) is 5.91 Å². The molecule has 0 aliphatic carbocycles. The van der Waals surface area contributed by atoms with Crippen LogP contribution in [-0.4, -0.2) is 84.4 Å². The van der Waals surface area contributed by atoms with Crippen LogP contribution in [0.25, 0.3) is 0 Å². The maximum absolute atomic E-state index is 14.7. The van der Waals surface area contributed by atoms with Crippen molar-refractivity contribution in [1.82, 2.24) is 4.90 Å². The van der Waals surface area contributed by atoms with E-state index in [-0.39, 0.29) is 37.5 Å². The molecule has 1 aromatic carbocycles. The fraction of sp³-hybridized carbons (Fsp3) is 0.645. The molecule has 3 aliphatic rings. The molecule has 9 heteroatoms. The van der Waals surface area contributed by atoms with Gasteiger partial charge in [-0.3, -0.25) is 14.4 Å². The van der Waals surface area contributed by atoms with Gasteiger partial charge in [0.15, 0.2) is 0 Å². The van der Waals surface area contributed by atoms with Crippen LogP contribution in [0.15, 0.2) is 36.9 Å². The molecular weight excluding hydrogens is 510 g/mol. The van der Waals surface area contributed by atoms with Crippen molar-refractivity contribution in [3.05, 3.63) is 36.9 Å². The summed E-state index contributed by atoms with van der Waals surface area (Å²) in [5.74, 6) is -2.72. The third kappa shape index (κ3) is 4.81. The lowest BCUT2D eigenvalue weighted by Gasteiger charge is -2.41. The van der Waals surface area contributed by atoms with Crippen LogP contribution in [0.5, 0.6) is 0 Å². The number of aliphatic hydroxyl groups is 1. The monoisotopic (exact) mass is 555 g/mol. The normalized spacial score (nSPS) is 28.2. The summed E-state index contributed by atoms with van der Waals surface area (Å²) in [4.78, 5) is 47.4. The van der Waals surface area contributed by atoms with E-state index in [1.165, 1.54) is 0 Å². The van der Waals surface area contributed by atoms with Crippen LogP contribution in [-0.2, 0) is 23.9 Å². The van der Waals surface area contributed by atoms with Crippen LogP contribution in [0.2, 0.25) is 0 Å². The predicted octanol–water partition coefficient (Wildman–Crippen LogP) is 3.40. The standard InChI is InChI=1S/C31H45N3O6/c1-7-18-33(22-14-12-21(13-15-22)32(9-3)10-4)29(37)27-31-17-16-24(40-31)25(30(38)39-11-5)26(31)28(36)34(27)23(19-35)20(6)8-2/h7,12-15,20,23-27,35H,1,8-11,16-19H2,2-6H3/t20-,23-,24+,25-,26-,27+,31-/m0/s1. The summed E-state index contributed by atoms with van der Waals surface area (Å²) in [5.41, 5.74) is 0.590. The summed E-state index contributed by atoms with van der Waals surface area (Å²) in [7, 11) is 0. The van der Waals surface area contributed by atoms with Gasteiger partial charge < -0.3 is 29.3 Å². The fourth-order valence-electron chi connectivity index (χ4n) is 7.08. The maximum atomic E-state index is 14.7. The molecule has 3 aliphatic heterocycles. The Morgan fingerprint density at radius 1 is 1.20 bits per heavy atom. The Hall–Kier alpha value is -2.91. The molecular formula is C31H45N3O6. The molecule has 2 amide bonds. The molecule has 4 rings (SSSR count). The Morgan fingerprint density at radius 3 is 2.40 bits per heavy atom. The molecule has 1 N–H and O–H groups in total. The van der Waals surface area contributed by atoms with Crippen molar-refractivity contribution in [2.45, 2.75) is 77.7 Å². The van der Waals surface area contributed by atoms with E-state index in [4.69, 9.17) is 9.47 Å². The first-order valence-corrected chi connectivity index (χ1v) is 14.8. The largest absolute Gasteiger partial charge is 0.466 e. The van der Waals surface area contributed by atoms with Crippen molar-refractivity contribution < 1.29 is 29.0 Å². The number of carbonyl (C=O) groups excluding carboxylic acids is 3. The molecule has 0 radical (unpaired) electrons. The minimum Gasteiger partial charge on any atom is -0.466 e. The molecule has 3 heterocycles. The second kappa shape index (κ2) is 12.3. The average molecular weight is 556 g/mol. The second-order valence-corrected chi connectivity index (χ2v) is 11.1. The van der Waals surface area contributed by atoms with Crippen molar-refractivity contribution in [3.63, 3.8) is 0 Å². The number of esters is 1. The van der Waals surface area contributed by atoms with Crippen LogP contribution < -0.4 is 9.80 Å². The van der Waals surface area contributed by atoms with E-state index in [0.717, 1.165) is 18.8 Å². The number of rotatable bonds is 13. The quantitative estimate of drug-likeness (QED) is 0.294. The molecule has 1 aromatic rings. The highest BCUT2D eigenvalue weighted by molar-refractivity contribution is 6.05. The molecule has 3 fully saturated rings. The number of likely N-dealkylation sites (tertiary alicyclic amines) is 1. The number of hydrogen-bond acceptors (Lipinski definition) is 7. The minimum atomic E-state index is -1.16. The molecule has 0 aromatic heterocycles. The van der Waals surface area contributed by atoms with Gasteiger partial charge in [-0.1, -0.05) is 26.3 Å². The first-order chi connectivity index (χ1) is 19.2. The van der Waals surface area contributed by atoms with E-state index in [9.17, 15) is 19.5 Å². The molecule has 3 saturated heterocycles. The lowest BCUT2D eigenvalue weighted by atomic mass is 9.70. The summed E-state index contributed by atoms with van der Waals surface area (Å²) in [6.07, 6.45) is 2.96. The first-order valence-electron chi connectivity index (χ1n) is 14.8. The van der Waals surface area contributed by atoms with Gasteiger partial charge in [-0.25, -0.2) is 0 Å². The van der Waals surface area contributed by atoms with E-state index < -0.39 is 41.6 Å². The van der Waals surface area contributed by atoms with Gasteiger partial charge in [0.1, 0.15) is 11.6 Å². The SMILES string of the molecule is C=CCN(C(=O)[C@H]1N([C@@H](CO)[C@@H](C)CC)C(=O)[C@@H]2[C@@H](C(=O)OCC)[C@H]3CC[C@]21O3)c1ccc(N(CC)CC)cc1. The van der Waals surface area contributed by atoms with E-state index in [1.807, 2.05) is 38.1 Å². The Bertz CT molecular complexity index is 1090. The zero-order chi connectivity index (χ0) is 29.2. The Balaban J connectivity index is 1.79. The number of nitrogens with zero attached hydrogens (tertiary/aromatic N) is 3. The van der Waals surface area contributed by atoms with Crippen molar-refractivity contribution in [3.8, 4) is 0 Å². The molecule has 220 valence electrons. The third-order valence-corrected chi connectivity index (χ3v) is 9.24. The summed E-state index contributed by atoms with van der Waals surface area (Å²) < 4.78 is 11.9. The number of aliphatic hydroxyl groups excluding tert-OH is 1. The van der Waals surface area contributed by atoms with Crippen LogP contribution >= 0.6 is 0 Å². The van der Waals surface area contributed by atoms with Crippen molar-refractivity contribution >= 4 is 29.2 Å². The highest BCUT2D eigenvalue weighted by atomic mass is 16.6. The van der Waals surface area contributed by atoms with Gasteiger partial charge in [-0.05, 0) is 63.8 Å². The molecule has 2 bridgehead atoms. The Morgan fingerprint density at radius 2 is 1.85 bits per heavy atom. The molecule has 7 atom stereocenters. The van der Waals surface area contributed by atoms with Crippen LogP contribution in [0, 0.1) is 17.8 Å². The van der Waals surface area contributed by atoms with Crippen molar-refractivity contribution in [2.75, 3.05) is 42.6 Å². The molecule has 40 heavy (non-hydrogen) atoms. The number of amides is 2. The van der Waals surface area contributed by atoms with Gasteiger partial charge in [-0.15, -0.1) is 6.58 Å². The predicted molar refractivity (Wildman–Crippen MR) is 154 cm³/mol. The zero-order valence-electron chi connectivity index (χ0n) is 24.5. The molecule has 0 unspecified atom stereocenters. The molecule has 0 saturated carbocycles. The number of benzene rings is 1. The van der Waals surface area contributed by atoms with Gasteiger partial charge >= 0.3 is 5.97 Å². The van der Waals surface area contributed by atoms with Crippen LogP contribution in [0.1, 0.15) is 53.9 Å². The highest BCUT2D eigenvalue weighted by Gasteiger charge is 2.75. The van der Waals surface area contributed by atoms with E-state index in [0.29, 0.717) is 24.9 Å². The fourth-order valence-corrected chi connectivity index (χ4v) is 7.08. The number of anilines is 2. The van der Waals surface area contributed by atoms with E-state index >= 15 is 0 Å². The smallest absolute Gasteiger partial charge is 0.312 e. The van der Waals surface area contributed by atoms with Crippen molar-refractivity contribution in [1.29, 1.82) is 0 Å². The molecule has 9 nitrogen and oxygen atoms in total. The van der Waals surface area contributed by atoms with Crippen LogP contribution in [0.4, 0.5) is 11.4 Å². The number of hydrogen-bond donors (Lipinski definition) is 1. The maximum Gasteiger partial charge on any atom is 0.312 e. The summed E-state index contributed by atoms with van der Waals surface area (Å²) in [6, 6.07) is 6.24. The Labute approximate surface area is 238 Å². The van der Waals surface area contributed by atoms with Gasteiger partial charge in [-0.2, -0.15) is 0 Å². The topological polar surface area (TPSA) is 99.6 Å². The van der Waals surface area contributed by atoms with Gasteiger partial charge in [0.05, 0.1) is 37.2 Å². The van der Waals surface area contributed by atoms with E-state index in [2.05, 4.69) is 25.3 Å². The highest BCUT2D eigenvalue weighted by Crippen LogP contribution is 2.59. The van der Waals surface area contributed by atoms with E-state index in [1.54, 1.807) is 22.8 Å². The second-order valence-electron chi connectivity index (χ2n) is 11.1. The number of fused-ring (bicyclic) bond motifs is 1. The van der Waals surface area contributed by atoms with Crippen molar-refractivity contribution in [2.24, 2.45) is 17.8 Å². The lowest BCUT2D eigenvalue weighted by Crippen LogP contribution is -2.60. The number of carbonyl (C=O) groups is 3. The summed E-state index contributed by atoms with van der Waals surface area (Å²) in [5, 5.41) is 10.5.